The largest absolute Gasteiger partial charge is 0.441 e. The molecule has 1 saturated heterocycles. The van der Waals surface area contributed by atoms with Crippen molar-refractivity contribution in [3.63, 3.8) is 0 Å². The summed E-state index contributed by atoms with van der Waals surface area (Å²) in [7, 11) is 1.93. The second-order valence-electron chi connectivity index (χ2n) is 6.15. The maximum Gasteiger partial charge on any atom is 0.223 e. The minimum Gasteiger partial charge on any atom is -0.441 e. The van der Waals surface area contributed by atoms with Gasteiger partial charge in [0, 0.05) is 25.9 Å². The second-order valence-corrected chi connectivity index (χ2v) is 6.15. The SMILES string of the molecule is CNCC1CCN(C(=O)CCc2ncc(-c3ccccc3F)o2)C1. The molecular weight excluding hydrogens is 309 g/mol. The van der Waals surface area contributed by atoms with Crippen LogP contribution in [-0.2, 0) is 11.2 Å². The monoisotopic (exact) mass is 331 g/mol. The van der Waals surface area contributed by atoms with Gasteiger partial charge in [-0.15, -0.1) is 0 Å². The van der Waals surface area contributed by atoms with E-state index in [-0.39, 0.29) is 11.7 Å². The number of hydrogen-bond acceptors (Lipinski definition) is 4. The Kier molecular flexibility index (Phi) is 5.25. The minimum atomic E-state index is -0.344. The predicted octanol–water partition coefficient (Wildman–Crippen LogP) is 2.48. The predicted molar refractivity (Wildman–Crippen MR) is 88.8 cm³/mol. The highest BCUT2D eigenvalue weighted by Crippen LogP contribution is 2.24. The highest BCUT2D eigenvalue weighted by Gasteiger charge is 2.25. The lowest BCUT2D eigenvalue weighted by Crippen LogP contribution is -2.30. The molecule has 0 radical (unpaired) electrons. The fraction of sp³-hybridized carbons (Fsp3) is 0.444. The Hall–Kier alpha value is -2.21. The van der Waals surface area contributed by atoms with Gasteiger partial charge in [-0.25, -0.2) is 9.37 Å². The van der Waals surface area contributed by atoms with Crippen LogP contribution in [0.3, 0.4) is 0 Å². The first-order valence-corrected chi connectivity index (χ1v) is 8.29. The third-order valence-corrected chi connectivity index (χ3v) is 4.38. The molecule has 1 aliphatic rings. The molecule has 1 aromatic carbocycles. The number of benzene rings is 1. The molecule has 24 heavy (non-hydrogen) atoms. The van der Waals surface area contributed by atoms with Gasteiger partial charge in [0.2, 0.25) is 5.91 Å². The molecular formula is C18H22FN3O2. The van der Waals surface area contributed by atoms with E-state index >= 15 is 0 Å². The number of aryl methyl sites for hydroxylation is 1. The number of likely N-dealkylation sites (tertiary alicyclic amines) is 1. The highest BCUT2D eigenvalue weighted by atomic mass is 19.1. The Bertz CT molecular complexity index is 701. The average Bonchev–Trinajstić information content (AvgIpc) is 3.23. The van der Waals surface area contributed by atoms with Crippen LogP contribution in [0.15, 0.2) is 34.9 Å². The average molecular weight is 331 g/mol. The van der Waals surface area contributed by atoms with Gasteiger partial charge in [0.25, 0.3) is 0 Å². The van der Waals surface area contributed by atoms with E-state index < -0.39 is 0 Å². The zero-order valence-corrected chi connectivity index (χ0v) is 13.8. The van der Waals surface area contributed by atoms with Crippen molar-refractivity contribution < 1.29 is 13.6 Å². The van der Waals surface area contributed by atoms with Gasteiger partial charge in [-0.3, -0.25) is 4.79 Å². The van der Waals surface area contributed by atoms with Crippen LogP contribution in [0.25, 0.3) is 11.3 Å². The number of rotatable bonds is 6. The van der Waals surface area contributed by atoms with Crippen LogP contribution >= 0.6 is 0 Å². The van der Waals surface area contributed by atoms with Crippen LogP contribution in [0.4, 0.5) is 4.39 Å². The number of halogens is 1. The Labute approximate surface area is 140 Å². The van der Waals surface area contributed by atoms with Crippen molar-refractivity contribution in [1.29, 1.82) is 0 Å². The molecule has 1 unspecified atom stereocenters. The molecule has 2 aromatic rings. The molecule has 0 spiro atoms. The lowest BCUT2D eigenvalue weighted by molar-refractivity contribution is -0.130. The minimum absolute atomic E-state index is 0.124. The van der Waals surface area contributed by atoms with Gasteiger partial charge in [-0.05, 0) is 38.1 Å². The Morgan fingerprint density at radius 3 is 3.08 bits per heavy atom. The van der Waals surface area contributed by atoms with Crippen LogP contribution in [-0.4, -0.2) is 42.5 Å². The summed E-state index contributed by atoms with van der Waals surface area (Å²) in [5, 5.41) is 3.16. The molecule has 1 aromatic heterocycles. The third-order valence-electron chi connectivity index (χ3n) is 4.38. The molecule has 0 saturated carbocycles. The van der Waals surface area contributed by atoms with Crippen molar-refractivity contribution in [3.05, 3.63) is 42.2 Å². The van der Waals surface area contributed by atoms with E-state index in [9.17, 15) is 9.18 Å². The molecule has 1 fully saturated rings. The summed E-state index contributed by atoms with van der Waals surface area (Å²) in [5.74, 6) is 1.18. The summed E-state index contributed by atoms with van der Waals surface area (Å²) in [5.41, 5.74) is 0.386. The normalized spacial score (nSPS) is 17.4. The van der Waals surface area contributed by atoms with Crippen molar-refractivity contribution in [1.82, 2.24) is 15.2 Å². The molecule has 0 aliphatic carbocycles. The van der Waals surface area contributed by atoms with E-state index in [2.05, 4.69) is 10.3 Å². The number of oxazole rings is 1. The lowest BCUT2D eigenvalue weighted by Gasteiger charge is -2.16. The Morgan fingerprint density at radius 2 is 2.29 bits per heavy atom. The molecule has 5 nitrogen and oxygen atoms in total. The zero-order valence-electron chi connectivity index (χ0n) is 13.8. The number of nitrogens with one attached hydrogen (secondary N) is 1. The quantitative estimate of drug-likeness (QED) is 0.883. The number of aromatic nitrogens is 1. The molecule has 3 rings (SSSR count). The number of carbonyl (C=O) groups excluding carboxylic acids is 1. The van der Waals surface area contributed by atoms with E-state index in [1.807, 2.05) is 11.9 Å². The van der Waals surface area contributed by atoms with E-state index in [1.54, 1.807) is 18.2 Å². The molecule has 1 N–H and O–H groups in total. The fourth-order valence-corrected chi connectivity index (χ4v) is 3.10. The van der Waals surface area contributed by atoms with Gasteiger partial charge >= 0.3 is 0 Å². The van der Waals surface area contributed by atoms with Gasteiger partial charge in [0.05, 0.1) is 11.8 Å². The van der Waals surface area contributed by atoms with Gasteiger partial charge < -0.3 is 14.6 Å². The third kappa shape index (κ3) is 3.82. The lowest BCUT2D eigenvalue weighted by atomic mass is 10.1. The summed E-state index contributed by atoms with van der Waals surface area (Å²) in [6, 6.07) is 6.41. The second kappa shape index (κ2) is 7.57. The molecule has 1 atom stereocenters. The van der Waals surface area contributed by atoms with Crippen molar-refractivity contribution in [2.24, 2.45) is 5.92 Å². The molecule has 6 heteroatoms. The van der Waals surface area contributed by atoms with Gasteiger partial charge in [-0.1, -0.05) is 12.1 Å². The van der Waals surface area contributed by atoms with Crippen molar-refractivity contribution >= 4 is 5.91 Å². The number of nitrogens with zero attached hydrogens (tertiary/aromatic N) is 2. The van der Waals surface area contributed by atoms with Crippen molar-refractivity contribution in [2.45, 2.75) is 19.3 Å². The maximum absolute atomic E-state index is 13.7. The van der Waals surface area contributed by atoms with Gasteiger partial charge in [0.1, 0.15) is 5.82 Å². The summed E-state index contributed by atoms with van der Waals surface area (Å²) in [4.78, 5) is 18.3. The number of amides is 1. The van der Waals surface area contributed by atoms with Crippen molar-refractivity contribution in [3.8, 4) is 11.3 Å². The van der Waals surface area contributed by atoms with E-state index in [0.29, 0.717) is 36.0 Å². The number of carbonyl (C=O) groups is 1. The van der Waals surface area contributed by atoms with Crippen LogP contribution in [0, 0.1) is 11.7 Å². The van der Waals surface area contributed by atoms with Crippen LogP contribution < -0.4 is 5.32 Å². The first kappa shape index (κ1) is 16.6. The summed E-state index contributed by atoms with van der Waals surface area (Å²) < 4.78 is 19.3. The maximum atomic E-state index is 13.7. The smallest absolute Gasteiger partial charge is 0.223 e. The van der Waals surface area contributed by atoms with E-state index in [0.717, 1.165) is 26.1 Å². The van der Waals surface area contributed by atoms with Crippen LogP contribution in [0.2, 0.25) is 0 Å². The van der Waals surface area contributed by atoms with E-state index in [4.69, 9.17) is 4.42 Å². The van der Waals surface area contributed by atoms with Crippen LogP contribution in [0.1, 0.15) is 18.7 Å². The summed E-state index contributed by atoms with van der Waals surface area (Å²) >= 11 is 0. The van der Waals surface area contributed by atoms with Crippen LogP contribution in [0.5, 0.6) is 0 Å². The molecule has 1 amide bonds. The Balaban J connectivity index is 1.54. The molecule has 1 aliphatic heterocycles. The first-order chi connectivity index (χ1) is 11.7. The van der Waals surface area contributed by atoms with Gasteiger partial charge in [0.15, 0.2) is 11.7 Å². The molecule has 0 bridgehead atoms. The molecule has 128 valence electrons. The van der Waals surface area contributed by atoms with Crippen molar-refractivity contribution in [2.75, 3.05) is 26.7 Å². The van der Waals surface area contributed by atoms with Gasteiger partial charge in [-0.2, -0.15) is 0 Å². The fourth-order valence-electron chi connectivity index (χ4n) is 3.10. The zero-order chi connectivity index (χ0) is 16.9. The standard InChI is InChI=1S/C18H22FN3O2/c1-20-10-13-8-9-22(12-13)18(23)7-6-17-21-11-16(24-17)14-4-2-3-5-15(14)19/h2-5,11,13,20H,6-10,12H2,1H3. The summed E-state index contributed by atoms with van der Waals surface area (Å²) in [6.07, 6.45) is 3.35. The summed E-state index contributed by atoms with van der Waals surface area (Å²) in [6.45, 7) is 2.57. The topological polar surface area (TPSA) is 58.4 Å². The molecule has 2 heterocycles. The number of hydrogen-bond donors (Lipinski definition) is 1. The highest BCUT2D eigenvalue weighted by molar-refractivity contribution is 5.76. The Morgan fingerprint density at radius 1 is 1.46 bits per heavy atom. The van der Waals surface area contributed by atoms with E-state index in [1.165, 1.54) is 12.3 Å². The first-order valence-electron chi connectivity index (χ1n) is 8.29.